The summed E-state index contributed by atoms with van der Waals surface area (Å²) in [5.41, 5.74) is 0. The van der Waals surface area contributed by atoms with Gasteiger partial charge in [-0.1, -0.05) is 26.2 Å². The Balaban J connectivity index is 2.13. The van der Waals surface area contributed by atoms with Crippen molar-refractivity contribution in [3.05, 3.63) is 0 Å². The highest BCUT2D eigenvalue weighted by Crippen LogP contribution is 2.27. The first-order valence-electron chi connectivity index (χ1n) is 7.39. The van der Waals surface area contributed by atoms with Gasteiger partial charge in [-0.3, -0.25) is 0 Å². The average molecular weight is 281 g/mol. The van der Waals surface area contributed by atoms with E-state index in [0.717, 1.165) is 25.8 Å². The van der Waals surface area contributed by atoms with Crippen LogP contribution in [-0.2, 0) is 4.74 Å². The molecule has 1 fully saturated rings. The third-order valence-electron chi connectivity index (χ3n) is 3.69. The van der Waals surface area contributed by atoms with Crippen LogP contribution in [0.1, 0.15) is 51.9 Å². The largest absolute Gasteiger partial charge is 0.411 e. The van der Waals surface area contributed by atoms with Gasteiger partial charge in [0.2, 0.25) is 0 Å². The highest BCUT2D eigenvalue weighted by Gasteiger charge is 2.27. The van der Waals surface area contributed by atoms with Crippen LogP contribution in [0.3, 0.4) is 0 Å². The van der Waals surface area contributed by atoms with Crippen LogP contribution in [0.2, 0.25) is 0 Å². The summed E-state index contributed by atoms with van der Waals surface area (Å²) >= 11 is 0. The summed E-state index contributed by atoms with van der Waals surface area (Å²) in [6.45, 7) is 2.22. The summed E-state index contributed by atoms with van der Waals surface area (Å²) in [5, 5.41) is 3.50. The Bertz CT molecular complexity index is 233. The zero-order valence-electron chi connectivity index (χ0n) is 11.8. The molecule has 19 heavy (non-hydrogen) atoms. The van der Waals surface area contributed by atoms with Gasteiger partial charge in [0.1, 0.15) is 6.61 Å². The molecule has 5 heteroatoms. The van der Waals surface area contributed by atoms with Gasteiger partial charge < -0.3 is 10.1 Å². The van der Waals surface area contributed by atoms with Crippen molar-refractivity contribution in [3.8, 4) is 0 Å². The van der Waals surface area contributed by atoms with Gasteiger partial charge in [-0.05, 0) is 38.1 Å². The molecular weight excluding hydrogens is 255 g/mol. The van der Waals surface area contributed by atoms with Gasteiger partial charge in [0.15, 0.2) is 0 Å². The molecule has 0 heterocycles. The number of halogens is 3. The summed E-state index contributed by atoms with van der Waals surface area (Å²) in [5.74, 6) is 0.640. The SMILES string of the molecule is CCNC1CCCCC(CCCOCC(F)(F)F)C1. The van der Waals surface area contributed by atoms with E-state index in [1.54, 1.807) is 0 Å². The van der Waals surface area contributed by atoms with E-state index >= 15 is 0 Å². The van der Waals surface area contributed by atoms with E-state index in [0.29, 0.717) is 12.0 Å². The maximum atomic E-state index is 11.9. The van der Waals surface area contributed by atoms with Crippen molar-refractivity contribution in [1.82, 2.24) is 5.32 Å². The second-order valence-corrected chi connectivity index (χ2v) is 5.45. The first-order chi connectivity index (χ1) is 9.01. The predicted octanol–water partition coefficient (Wildman–Crippen LogP) is 3.90. The minimum atomic E-state index is -4.20. The van der Waals surface area contributed by atoms with Gasteiger partial charge in [-0.15, -0.1) is 0 Å². The van der Waals surface area contributed by atoms with Crippen molar-refractivity contribution in [1.29, 1.82) is 0 Å². The van der Waals surface area contributed by atoms with E-state index < -0.39 is 12.8 Å². The maximum absolute atomic E-state index is 11.9. The minimum Gasteiger partial charge on any atom is -0.372 e. The highest BCUT2D eigenvalue weighted by molar-refractivity contribution is 4.75. The van der Waals surface area contributed by atoms with Crippen molar-refractivity contribution in [2.24, 2.45) is 5.92 Å². The van der Waals surface area contributed by atoms with Crippen LogP contribution >= 0.6 is 0 Å². The summed E-state index contributed by atoms with van der Waals surface area (Å²) in [7, 11) is 0. The highest BCUT2D eigenvalue weighted by atomic mass is 19.4. The third-order valence-corrected chi connectivity index (χ3v) is 3.69. The fraction of sp³-hybridized carbons (Fsp3) is 1.00. The first kappa shape index (κ1) is 16.8. The molecule has 0 aromatic carbocycles. The maximum Gasteiger partial charge on any atom is 0.411 e. The van der Waals surface area contributed by atoms with Gasteiger partial charge in [-0.2, -0.15) is 13.2 Å². The van der Waals surface area contributed by atoms with Crippen LogP contribution in [0, 0.1) is 5.92 Å². The Morgan fingerprint density at radius 3 is 2.63 bits per heavy atom. The smallest absolute Gasteiger partial charge is 0.372 e. The molecule has 1 N–H and O–H groups in total. The van der Waals surface area contributed by atoms with Gasteiger partial charge in [0.25, 0.3) is 0 Å². The number of hydrogen-bond acceptors (Lipinski definition) is 2. The minimum absolute atomic E-state index is 0.224. The Kier molecular flexibility index (Phi) is 7.76. The molecule has 1 aliphatic rings. The molecule has 0 saturated heterocycles. The van der Waals surface area contributed by atoms with Gasteiger partial charge in [0, 0.05) is 12.6 Å². The Labute approximate surface area is 114 Å². The Hall–Kier alpha value is -0.290. The molecule has 1 saturated carbocycles. The fourth-order valence-corrected chi connectivity index (χ4v) is 2.86. The van der Waals surface area contributed by atoms with Crippen molar-refractivity contribution < 1.29 is 17.9 Å². The second kappa shape index (κ2) is 8.80. The zero-order valence-corrected chi connectivity index (χ0v) is 11.8. The van der Waals surface area contributed by atoms with E-state index in [9.17, 15) is 13.2 Å². The monoisotopic (exact) mass is 281 g/mol. The fourth-order valence-electron chi connectivity index (χ4n) is 2.86. The normalized spacial score (nSPS) is 25.3. The van der Waals surface area contributed by atoms with Crippen LogP contribution in [-0.4, -0.2) is 32.0 Å². The lowest BCUT2D eigenvalue weighted by molar-refractivity contribution is -0.174. The summed E-state index contributed by atoms with van der Waals surface area (Å²) < 4.78 is 40.3. The molecule has 1 rings (SSSR count). The standard InChI is InChI=1S/C14H26F3NO/c1-2-18-13-8-4-3-6-12(10-13)7-5-9-19-11-14(15,16)17/h12-13,18H,2-11H2,1H3. The molecule has 0 amide bonds. The molecule has 0 aromatic heterocycles. The Morgan fingerprint density at radius 1 is 1.21 bits per heavy atom. The summed E-state index contributed by atoms with van der Waals surface area (Å²) in [6.07, 6.45) is 3.63. The molecule has 0 radical (unpaired) electrons. The lowest BCUT2D eigenvalue weighted by Gasteiger charge is -2.20. The van der Waals surface area contributed by atoms with Crippen molar-refractivity contribution in [2.45, 2.75) is 64.1 Å². The average Bonchev–Trinajstić information content (AvgIpc) is 2.53. The quantitative estimate of drug-likeness (QED) is 0.564. The molecule has 0 bridgehead atoms. The number of ether oxygens (including phenoxy) is 1. The van der Waals surface area contributed by atoms with Gasteiger partial charge in [0.05, 0.1) is 0 Å². The van der Waals surface area contributed by atoms with Crippen LogP contribution in [0.5, 0.6) is 0 Å². The number of rotatable bonds is 7. The molecular formula is C14H26F3NO. The second-order valence-electron chi connectivity index (χ2n) is 5.45. The van der Waals surface area contributed by atoms with E-state index in [4.69, 9.17) is 0 Å². The van der Waals surface area contributed by atoms with Crippen LogP contribution in [0.25, 0.3) is 0 Å². The molecule has 2 nitrogen and oxygen atoms in total. The lowest BCUT2D eigenvalue weighted by atomic mass is 9.93. The molecule has 1 aliphatic carbocycles. The lowest BCUT2D eigenvalue weighted by Crippen LogP contribution is -2.29. The number of nitrogens with one attached hydrogen (secondary N) is 1. The zero-order chi connectivity index (χ0) is 14.1. The van der Waals surface area contributed by atoms with Crippen LogP contribution in [0.4, 0.5) is 13.2 Å². The van der Waals surface area contributed by atoms with Gasteiger partial charge >= 0.3 is 6.18 Å². The van der Waals surface area contributed by atoms with Crippen molar-refractivity contribution >= 4 is 0 Å². The topological polar surface area (TPSA) is 21.3 Å². The van der Waals surface area contributed by atoms with E-state index in [1.807, 2.05) is 0 Å². The van der Waals surface area contributed by atoms with Crippen molar-refractivity contribution in [2.75, 3.05) is 19.8 Å². The molecule has 0 spiro atoms. The molecule has 0 aliphatic heterocycles. The van der Waals surface area contributed by atoms with Gasteiger partial charge in [-0.25, -0.2) is 0 Å². The molecule has 2 unspecified atom stereocenters. The predicted molar refractivity (Wildman–Crippen MR) is 70.1 cm³/mol. The molecule has 2 atom stereocenters. The van der Waals surface area contributed by atoms with E-state index in [1.165, 1.54) is 25.7 Å². The van der Waals surface area contributed by atoms with Crippen molar-refractivity contribution in [3.63, 3.8) is 0 Å². The summed E-state index contributed by atoms with van der Waals surface area (Å²) in [4.78, 5) is 0. The first-order valence-corrected chi connectivity index (χ1v) is 7.39. The van der Waals surface area contributed by atoms with E-state index in [2.05, 4.69) is 17.0 Å². The summed E-state index contributed by atoms with van der Waals surface area (Å²) in [6, 6.07) is 0.591. The third kappa shape index (κ3) is 8.47. The van der Waals surface area contributed by atoms with E-state index in [-0.39, 0.29) is 6.61 Å². The molecule has 114 valence electrons. The Morgan fingerprint density at radius 2 is 1.95 bits per heavy atom. The molecule has 0 aromatic rings. The number of hydrogen-bond donors (Lipinski definition) is 1. The number of alkyl halides is 3. The van der Waals surface area contributed by atoms with Crippen LogP contribution < -0.4 is 5.32 Å². The van der Waals surface area contributed by atoms with Crippen LogP contribution in [0.15, 0.2) is 0 Å².